The summed E-state index contributed by atoms with van der Waals surface area (Å²) in [6.07, 6.45) is 0.793. The lowest BCUT2D eigenvalue weighted by Gasteiger charge is -2.14. The lowest BCUT2D eigenvalue weighted by molar-refractivity contribution is 0.0953. The van der Waals surface area contributed by atoms with Crippen molar-refractivity contribution >= 4 is 21.6 Å². The fourth-order valence-electron chi connectivity index (χ4n) is 2.43. The molecule has 2 rings (SSSR count). The van der Waals surface area contributed by atoms with Crippen LogP contribution in [0.5, 0.6) is 11.5 Å². The van der Waals surface area contributed by atoms with Crippen LogP contribution >= 0.6 is 0 Å². The van der Waals surface area contributed by atoms with Crippen LogP contribution in [0, 0.1) is 6.92 Å². The molecule has 0 aliphatic carbocycles. The van der Waals surface area contributed by atoms with E-state index < -0.39 is 10.0 Å². The second kappa shape index (κ2) is 8.77. The van der Waals surface area contributed by atoms with Crippen LogP contribution in [0.2, 0.25) is 0 Å². The van der Waals surface area contributed by atoms with Gasteiger partial charge in [0.05, 0.1) is 24.8 Å². The molecule has 7 nitrogen and oxygen atoms in total. The molecule has 0 spiro atoms. The summed E-state index contributed by atoms with van der Waals surface area (Å²) in [5, 5.41) is 2.76. The van der Waals surface area contributed by atoms with Crippen LogP contribution < -0.4 is 19.5 Å². The van der Waals surface area contributed by atoms with Crippen molar-refractivity contribution in [3.8, 4) is 11.5 Å². The minimum Gasteiger partial charge on any atom is -0.497 e. The van der Waals surface area contributed by atoms with Crippen molar-refractivity contribution in [1.29, 1.82) is 0 Å². The molecule has 0 bridgehead atoms. The molecule has 146 valence electrons. The van der Waals surface area contributed by atoms with Crippen molar-refractivity contribution in [3.05, 3.63) is 47.5 Å². The molecule has 27 heavy (non-hydrogen) atoms. The lowest BCUT2D eigenvalue weighted by atomic mass is 10.1. The second-order valence-electron chi connectivity index (χ2n) is 5.90. The Morgan fingerprint density at radius 1 is 1.07 bits per heavy atom. The van der Waals surface area contributed by atoms with E-state index in [1.165, 1.54) is 26.4 Å². The van der Waals surface area contributed by atoms with Crippen molar-refractivity contribution < 1.29 is 22.7 Å². The van der Waals surface area contributed by atoms with Crippen molar-refractivity contribution in [1.82, 2.24) is 5.32 Å². The maximum Gasteiger partial charge on any atom is 0.262 e. The minimum absolute atomic E-state index is 0.00683. The van der Waals surface area contributed by atoms with Crippen LogP contribution in [-0.2, 0) is 10.0 Å². The number of hydrogen-bond acceptors (Lipinski definition) is 5. The molecule has 0 atom stereocenters. The van der Waals surface area contributed by atoms with Gasteiger partial charge in [0.15, 0.2) is 0 Å². The monoisotopic (exact) mass is 392 g/mol. The molecule has 0 saturated heterocycles. The molecule has 1 amide bonds. The maximum atomic E-state index is 12.8. The molecule has 8 heteroatoms. The molecule has 2 aromatic carbocycles. The Hall–Kier alpha value is -2.74. The van der Waals surface area contributed by atoms with Crippen LogP contribution in [-0.4, -0.2) is 35.1 Å². The molecule has 0 aromatic heterocycles. The van der Waals surface area contributed by atoms with Gasteiger partial charge < -0.3 is 14.8 Å². The second-order valence-corrected chi connectivity index (χ2v) is 7.59. The van der Waals surface area contributed by atoms with E-state index in [9.17, 15) is 13.2 Å². The van der Waals surface area contributed by atoms with E-state index in [0.29, 0.717) is 29.2 Å². The Labute approximate surface area is 159 Å². The number of carbonyl (C=O) groups excluding carboxylic acids is 1. The molecule has 0 aliphatic rings. The number of rotatable bonds is 8. The van der Waals surface area contributed by atoms with Crippen molar-refractivity contribution in [2.75, 3.05) is 25.5 Å². The number of sulfonamides is 1. The summed E-state index contributed by atoms with van der Waals surface area (Å²) in [4.78, 5) is 12.3. The smallest absolute Gasteiger partial charge is 0.262 e. The summed E-state index contributed by atoms with van der Waals surface area (Å²) in [5.41, 5.74) is 1.30. The first-order chi connectivity index (χ1) is 12.8. The fourth-order valence-corrected chi connectivity index (χ4v) is 3.53. The molecule has 0 saturated carbocycles. The zero-order chi connectivity index (χ0) is 20.0. The number of methoxy groups -OCH3 is 2. The predicted molar refractivity (Wildman–Crippen MR) is 104 cm³/mol. The molecule has 0 aliphatic heterocycles. The third-order valence-corrected chi connectivity index (χ3v) is 5.32. The number of benzene rings is 2. The molecule has 0 radical (unpaired) electrons. The highest BCUT2D eigenvalue weighted by Gasteiger charge is 2.20. The Bertz CT molecular complexity index is 926. The number of aryl methyl sites for hydroxylation is 1. The van der Waals surface area contributed by atoms with Crippen LogP contribution in [0.25, 0.3) is 0 Å². The summed E-state index contributed by atoms with van der Waals surface area (Å²) in [6, 6.07) is 9.21. The average molecular weight is 392 g/mol. The highest BCUT2D eigenvalue weighted by molar-refractivity contribution is 7.92. The quantitative estimate of drug-likeness (QED) is 0.720. The average Bonchev–Trinajstić information content (AvgIpc) is 2.66. The molecular weight excluding hydrogens is 368 g/mol. The van der Waals surface area contributed by atoms with E-state index in [1.54, 1.807) is 31.2 Å². The lowest BCUT2D eigenvalue weighted by Crippen LogP contribution is -2.25. The van der Waals surface area contributed by atoms with Gasteiger partial charge in [0.1, 0.15) is 11.5 Å². The first kappa shape index (κ1) is 20.6. The number of carbonyl (C=O) groups is 1. The summed E-state index contributed by atoms with van der Waals surface area (Å²) >= 11 is 0. The van der Waals surface area contributed by atoms with Crippen LogP contribution in [0.3, 0.4) is 0 Å². The van der Waals surface area contributed by atoms with Crippen molar-refractivity contribution in [2.45, 2.75) is 25.2 Å². The summed E-state index contributed by atoms with van der Waals surface area (Å²) < 4.78 is 38.4. The summed E-state index contributed by atoms with van der Waals surface area (Å²) in [6.45, 7) is 4.23. The van der Waals surface area contributed by atoms with E-state index in [-0.39, 0.29) is 16.5 Å². The van der Waals surface area contributed by atoms with Crippen LogP contribution in [0.1, 0.15) is 29.3 Å². The van der Waals surface area contributed by atoms with Gasteiger partial charge in [0, 0.05) is 18.2 Å². The van der Waals surface area contributed by atoms with Crippen LogP contribution in [0.4, 0.5) is 5.69 Å². The van der Waals surface area contributed by atoms with Gasteiger partial charge in [-0.15, -0.1) is 0 Å². The molecule has 2 N–H and O–H groups in total. The zero-order valence-electron chi connectivity index (χ0n) is 15.8. The van der Waals surface area contributed by atoms with Gasteiger partial charge >= 0.3 is 0 Å². The van der Waals surface area contributed by atoms with E-state index in [0.717, 1.165) is 6.42 Å². The third-order valence-electron chi connectivity index (χ3n) is 3.95. The van der Waals surface area contributed by atoms with E-state index in [4.69, 9.17) is 9.47 Å². The summed E-state index contributed by atoms with van der Waals surface area (Å²) in [5.74, 6) is 0.569. The van der Waals surface area contributed by atoms with E-state index >= 15 is 0 Å². The standard InChI is InChI=1S/C19H24N2O5S/c1-5-10-20-19(22)16-12-15(8-6-13(16)2)27(23,24)21-17-9-7-14(25-3)11-18(17)26-4/h6-9,11-12,21H,5,10H2,1-4H3,(H,20,22). The topological polar surface area (TPSA) is 93.7 Å². The van der Waals surface area contributed by atoms with Gasteiger partial charge in [-0.05, 0) is 43.2 Å². The highest BCUT2D eigenvalue weighted by atomic mass is 32.2. The van der Waals surface area contributed by atoms with E-state index in [1.807, 2.05) is 6.92 Å². The van der Waals surface area contributed by atoms with Gasteiger partial charge in [-0.3, -0.25) is 9.52 Å². The first-order valence-corrected chi connectivity index (χ1v) is 9.94. The normalized spacial score (nSPS) is 11.0. The first-order valence-electron chi connectivity index (χ1n) is 8.46. The number of anilines is 1. The number of ether oxygens (including phenoxy) is 2. The molecule has 0 heterocycles. The molecule has 0 fully saturated rings. The Kier molecular flexibility index (Phi) is 6.68. The van der Waals surface area contributed by atoms with Gasteiger partial charge in [-0.25, -0.2) is 8.42 Å². The van der Waals surface area contributed by atoms with E-state index in [2.05, 4.69) is 10.0 Å². The number of amides is 1. The summed E-state index contributed by atoms with van der Waals surface area (Å²) in [7, 11) is -0.961. The largest absolute Gasteiger partial charge is 0.497 e. The maximum absolute atomic E-state index is 12.8. The van der Waals surface area contributed by atoms with Gasteiger partial charge in [-0.1, -0.05) is 13.0 Å². The predicted octanol–water partition coefficient (Wildman–Crippen LogP) is 2.95. The van der Waals surface area contributed by atoms with Gasteiger partial charge in [0.2, 0.25) is 0 Å². The van der Waals surface area contributed by atoms with Crippen LogP contribution in [0.15, 0.2) is 41.3 Å². The van der Waals surface area contributed by atoms with Gasteiger partial charge in [0.25, 0.3) is 15.9 Å². The Morgan fingerprint density at radius 3 is 2.44 bits per heavy atom. The molecular formula is C19H24N2O5S. The zero-order valence-corrected chi connectivity index (χ0v) is 16.6. The Morgan fingerprint density at radius 2 is 1.81 bits per heavy atom. The number of hydrogen-bond donors (Lipinski definition) is 2. The minimum atomic E-state index is -3.91. The molecule has 2 aromatic rings. The van der Waals surface area contributed by atoms with Crippen molar-refractivity contribution in [2.24, 2.45) is 0 Å². The molecule has 0 unspecified atom stereocenters. The number of nitrogens with one attached hydrogen (secondary N) is 2. The Balaban J connectivity index is 2.36. The fraction of sp³-hybridized carbons (Fsp3) is 0.316. The third kappa shape index (κ3) is 4.91. The van der Waals surface area contributed by atoms with Gasteiger partial charge in [-0.2, -0.15) is 0 Å². The highest BCUT2D eigenvalue weighted by Crippen LogP contribution is 2.31. The van der Waals surface area contributed by atoms with Crippen molar-refractivity contribution in [3.63, 3.8) is 0 Å². The SMILES string of the molecule is CCCNC(=O)c1cc(S(=O)(=O)Nc2ccc(OC)cc2OC)ccc1C.